The number of rotatable bonds is 4. The maximum absolute atomic E-state index is 13.5. The van der Waals surface area contributed by atoms with Gasteiger partial charge in [0.15, 0.2) is 0 Å². The second kappa shape index (κ2) is 7.36. The zero-order valence-corrected chi connectivity index (χ0v) is 11.9. The van der Waals surface area contributed by atoms with Crippen LogP contribution < -0.4 is 16.4 Å². The summed E-state index contributed by atoms with van der Waals surface area (Å²) in [4.78, 5) is 11.9. The fourth-order valence-electron chi connectivity index (χ4n) is 2.82. The number of carbonyl (C=O) groups is 1. The molecule has 0 aliphatic heterocycles. The molecule has 0 saturated heterocycles. The molecule has 1 aliphatic rings. The molecule has 0 aromatic heterocycles. The molecule has 21 heavy (non-hydrogen) atoms. The molecule has 2 rings (SSSR count). The van der Waals surface area contributed by atoms with Gasteiger partial charge >= 0.3 is 6.03 Å². The molecular weight excluding hydrogens is 276 g/mol. The molecule has 1 aromatic carbocycles. The van der Waals surface area contributed by atoms with Crippen LogP contribution >= 0.6 is 0 Å². The number of hydrogen-bond donors (Lipinski definition) is 3. The number of benzene rings is 1. The van der Waals surface area contributed by atoms with Gasteiger partial charge in [-0.2, -0.15) is 0 Å². The first kappa shape index (κ1) is 15.7. The molecular formula is C15H21F2N3O. The molecule has 0 heterocycles. The van der Waals surface area contributed by atoms with Gasteiger partial charge in [-0.05, 0) is 30.9 Å². The van der Waals surface area contributed by atoms with Crippen molar-refractivity contribution in [2.24, 2.45) is 11.7 Å². The maximum Gasteiger partial charge on any atom is 0.319 e. The van der Waals surface area contributed by atoms with Gasteiger partial charge in [-0.15, -0.1) is 0 Å². The van der Waals surface area contributed by atoms with Gasteiger partial charge in [0.05, 0.1) is 5.69 Å². The summed E-state index contributed by atoms with van der Waals surface area (Å²) in [6, 6.07) is 2.40. The number of anilines is 1. The highest BCUT2D eigenvalue weighted by Crippen LogP contribution is 2.26. The zero-order valence-electron chi connectivity index (χ0n) is 11.9. The van der Waals surface area contributed by atoms with Crippen LogP contribution in [0.25, 0.3) is 0 Å². The summed E-state index contributed by atoms with van der Waals surface area (Å²) in [5.74, 6) is -1.11. The van der Waals surface area contributed by atoms with Crippen molar-refractivity contribution in [1.82, 2.24) is 5.32 Å². The van der Waals surface area contributed by atoms with Crippen LogP contribution in [0.15, 0.2) is 18.2 Å². The molecule has 4 nitrogen and oxygen atoms in total. The zero-order chi connectivity index (χ0) is 15.2. The van der Waals surface area contributed by atoms with Crippen LogP contribution in [0, 0.1) is 17.6 Å². The second-order valence-corrected chi connectivity index (χ2v) is 5.46. The van der Waals surface area contributed by atoms with Crippen LogP contribution in [-0.4, -0.2) is 18.6 Å². The fourth-order valence-corrected chi connectivity index (χ4v) is 2.82. The Balaban J connectivity index is 1.92. The number of halogens is 2. The Bertz CT molecular complexity index is 490. The van der Waals surface area contributed by atoms with Crippen LogP contribution in [0.5, 0.6) is 0 Å². The number of nitrogens with two attached hydrogens (primary N) is 1. The highest BCUT2D eigenvalue weighted by atomic mass is 19.1. The lowest BCUT2D eigenvalue weighted by molar-refractivity contribution is 0.232. The summed E-state index contributed by atoms with van der Waals surface area (Å²) in [6.07, 6.45) is 5.62. The third kappa shape index (κ3) is 4.39. The molecule has 0 bridgehead atoms. The topological polar surface area (TPSA) is 67.1 Å². The predicted octanol–water partition coefficient (Wildman–Crippen LogP) is 2.99. The van der Waals surface area contributed by atoms with Crippen LogP contribution in [0.4, 0.5) is 19.3 Å². The highest BCUT2D eigenvalue weighted by molar-refractivity contribution is 5.89. The molecule has 1 atom stereocenters. The first-order chi connectivity index (χ1) is 10.1. The lowest BCUT2D eigenvalue weighted by Crippen LogP contribution is -2.47. The number of carbonyl (C=O) groups excluding carboxylic acids is 1. The van der Waals surface area contributed by atoms with Gasteiger partial charge < -0.3 is 16.4 Å². The molecule has 116 valence electrons. The summed E-state index contributed by atoms with van der Waals surface area (Å²) < 4.78 is 26.3. The highest BCUT2D eigenvalue weighted by Gasteiger charge is 2.24. The first-order valence-corrected chi connectivity index (χ1v) is 7.33. The van der Waals surface area contributed by atoms with Crippen LogP contribution in [0.2, 0.25) is 0 Å². The fraction of sp³-hybridized carbons (Fsp3) is 0.533. The number of amides is 2. The van der Waals surface area contributed by atoms with Crippen molar-refractivity contribution in [3.8, 4) is 0 Å². The quantitative estimate of drug-likeness (QED) is 0.799. The van der Waals surface area contributed by atoms with Crippen LogP contribution in [0.1, 0.15) is 32.1 Å². The number of hydrogen-bond acceptors (Lipinski definition) is 2. The molecule has 0 spiro atoms. The van der Waals surface area contributed by atoms with Gasteiger partial charge in [0.1, 0.15) is 11.6 Å². The maximum atomic E-state index is 13.5. The molecule has 1 fully saturated rings. The van der Waals surface area contributed by atoms with Crippen molar-refractivity contribution in [3.63, 3.8) is 0 Å². The van der Waals surface area contributed by atoms with Crippen LogP contribution in [0.3, 0.4) is 0 Å². The van der Waals surface area contributed by atoms with Crippen molar-refractivity contribution < 1.29 is 13.6 Å². The van der Waals surface area contributed by atoms with Crippen LogP contribution in [-0.2, 0) is 0 Å². The first-order valence-electron chi connectivity index (χ1n) is 7.33. The van der Waals surface area contributed by atoms with E-state index in [1.54, 1.807) is 0 Å². The van der Waals surface area contributed by atoms with Gasteiger partial charge in [0.2, 0.25) is 0 Å². The van der Waals surface area contributed by atoms with Gasteiger partial charge in [0.25, 0.3) is 0 Å². The van der Waals surface area contributed by atoms with E-state index in [9.17, 15) is 13.6 Å². The minimum atomic E-state index is -0.799. The second-order valence-electron chi connectivity index (χ2n) is 5.46. The molecule has 1 aliphatic carbocycles. The van der Waals surface area contributed by atoms with E-state index in [4.69, 9.17) is 5.73 Å². The largest absolute Gasteiger partial charge is 0.334 e. The van der Waals surface area contributed by atoms with Crippen molar-refractivity contribution >= 4 is 11.7 Å². The molecule has 1 unspecified atom stereocenters. The van der Waals surface area contributed by atoms with E-state index in [1.807, 2.05) is 0 Å². The average molecular weight is 297 g/mol. The standard InChI is InChI=1S/C15H21F2N3O/c16-11-6-7-13(12(17)8-11)19-15(21)20-14(9-18)10-4-2-1-3-5-10/h6-8,10,14H,1-5,9,18H2,(H2,19,20,21). The summed E-state index contributed by atoms with van der Waals surface area (Å²) in [5, 5.41) is 5.19. The molecule has 6 heteroatoms. The Morgan fingerprint density at radius 3 is 2.62 bits per heavy atom. The molecule has 0 radical (unpaired) electrons. The van der Waals surface area contributed by atoms with E-state index < -0.39 is 17.7 Å². The Morgan fingerprint density at radius 2 is 2.00 bits per heavy atom. The summed E-state index contributed by atoms with van der Waals surface area (Å²) in [5.41, 5.74) is 5.68. The van der Waals surface area contributed by atoms with E-state index in [0.717, 1.165) is 37.8 Å². The van der Waals surface area contributed by atoms with Gasteiger partial charge in [-0.1, -0.05) is 19.3 Å². The third-order valence-electron chi connectivity index (χ3n) is 3.97. The minimum Gasteiger partial charge on any atom is -0.334 e. The Labute approximate surface area is 123 Å². The summed E-state index contributed by atoms with van der Waals surface area (Å²) in [6.45, 7) is 0.351. The third-order valence-corrected chi connectivity index (χ3v) is 3.97. The minimum absolute atomic E-state index is 0.0479. The monoisotopic (exact) mass is 297 g/mol. The van der Waals surface area contributed by atoms with Gasteiger partial charge in [-0.25, -0.2) is 13.6 Å². The normalized spacial score (nSPS) is 17.3. The smallest absolute Gasteiger partial charge is 0.319 e. The lowest BCUT2D eigenvalue weighted by atomic mass is 9.84. The van der Waals surface area contributed by atoms with Crippen molar-refractivity contribution in [2.75, 3.05) is 11.9 Å². The molecule has 1 saturated carbocycles. The summed E-state index contributed by atoms with van der Waals surface area (Å²) >= 11 is 0. The summed E-state index contributed by atoms with van der Waals surface area (Å²) in [7, 11) is 0. The van der Waals surface area contributed by atoms with Crippen molar-refractivity contribution in [3.05, 3.63) is 29.8 Å². The predicted molar refractivity (Wildman–Crippen MR) is 77.9 cm³/mol. The van der Waals surface area contributed by atoms with Gasteiger partial charge in [-0.3, -0.25) is 0 Å². The number of nitrogens with one attached hydrogen (secondary N) is 2. The van der Waals surface area contributed by atoms with Crippen molar-refractivity contribution in [2.45, 2.75) is 38.1 Å². The Kier molecular flexibility index (Phi) is 5.50. The SMILES string of the molecule is NCC(NC(=O)Nc1ccc(F)cc1F)C1CCCCC1. The average Bonchev–Trinajstić information content (AvgIpc) is 2.48. The number of urea groups is 1. The lowest BCUT2D eigenvalue weighted by Gasteiger charge is -2.30. The Hall–Kier alpha value is -1.69. The van der Waals surface area contributed by atoms with E-state index in [0.29, 0.717) is 12.5 Å². The van der Waals surface area contributed by atoms with E-state index >= 15 is 0 Å². The molecule has 4 N–H and O–H groups in total. The van der Waals surface area contributed by atoms with Crippen molar-refractivity contribution in [1.29, 1.82) is 0 Å². The molecule has 1 aromatic rings. The van der Waals surface area contributed by atoms with Gasteiger partial charge in [0, 0.05) is 18.7 Å². The van der Waals surface area contributed by atoms with E-state index in [-0.39, 0.29) is 11.7 Å². The van der Waals surface area contributed by atoms with E-state index in [1.165, 1.54) is 12.5 Å². The Morgan fingerprint density at radius 1 is 1.29 bits per heavy atom. The van der Waals surface area contributed by atoms with E-state index in [2.05, 4.69) is 10.6 Å². The molecule has 2 amide bonds.